The molecule has 0 spiro atoms. The number of carboxylic acid groups (broad SMARTS) is 1. The number of pyridine rings is 1. The highest BCUT2D eigenvalue weighted by atomic mass is 79.9. The van der Waals surface area contributed by atoms with Crippen LogP contribution in [0.1, 0.15) is 10.4 Å². The highest BCUT2D eigenvalue weighted by Crippen LogP contribution is 2.35. The summed E-state index contributed by atoms with van der Waals surface area (Å²) in [4.78, 5) is 14.8. The fourth-order valence-corrected chi connectivity index (χ4v) is 2.59. The van der Waals surface area contributed by atoms with Crippen LogP contribution in [0.4, 0.5) is 0 Å². The minimum atomic E-state index is -1.04. The summed E-state index contributed by atoms with van der Waals surface area (Å²) in [6, 6.07) is 13.1. The van der Waals surface area contributed by atoms with Gasteiger partial charge in [-0.25, -0.2) is 4.79 Å². The summed E-state index contributed by atoms with van der Waals surface area (Å²) in [7, 11) is 0. The van der Waals surface area contributed by atoms with E-state index in [1.165, 1.54) is 18.5 Å². The number of carboxylic acids is 1. The quantitative estimate of drug-likeness (QED) is 0.761. The highest BCUT2D eigenvalue weighted by molar-refractivity contribution is 9.10. The maximum absolute atomic E-state index is 10.9. The standard InChI is InChI=1S/C16H10BrNO3/c17-15-13-4-2-1-3-10(13)5-6-14(15)21-12-7-11(16(19)20)8-18-9-12/h1-9H,(H,19,20). The van der Waals surface area contributed by atoms with Crippen LogP contribution in [-0.4, -0.2) is 16.1 Å². The minimum Gasteiger partial charge on any atom is -0.478 e. The Morgan fingerprint density at radius 1 is 1.14 bits per heavy atom. The normalized spacial score (nSPS) is 10.5. The number of hydrogen-bond acceptors (Lipinski definition) is 3. The van der Waals surface area contributed by atoms with Crippen molar-refractivity contribution in [3.63, 3.8) is 0 Å². The number of aromatic nitrogens is 1. The van der Waals surface area contributed by atoms with Crippen LogP contribution in [-0.2, 0) is 0 Å². The van der Waals surface area contributed by atoms with Crippen LogP contribution < -0.4 is 4.74 Å². The molecule has 21 heavy (non-hydrogen) atoms. The summed E-state index contributed by atoms with van der Waals surface area (Å²) in [6.07, 6.45) is 2.76. The Morgan fingerprint density at radius 3 is 2.76 bits per heavy atom. The summed E-state index contributed by atoms with van der Waals surface area (Å²) >= 11 is 3.53. The van der Waals surface area contributed by atoms with E-state index in [0.717, 1.165) is 15.2 Å². The van der Waals surface area contributed by atoms with E-state index in [0.29, 0.717) is 11.5 Å². The van der Waals surface area contributed by atoms with Gasteiger partial charge in [0.1, 0.15) is 11.5 Å². The number of fused-ring (bicyclic) bond motifs is 1. The summed E-state index contributed by atoms with van der Waals surface area (Å²) in [5, 5.41) is 11.1. The van der Waals surface area contributed by atoms with Gasteiger partial charge in [-0.05, 0) is 38.8 Å². The first kappa shape index (κ1) is 13.6. The van der Waals surface area contributed by atoms with Crippen LogP contribution in [0.5, 0.6) is 11.5 Å². The Labute approximate surface area is 129 Å². The van der Waals surface area contributed by atoms with Gasteiger partial charge in [0.25, 0.3) is 0 Å². The molecule has 0 atom stereocenters. The van der Waals surface area contributed by atoms with Gasteiger partial charge in [-0.2, -0.15) is 0 Å². The van der Waals surface area contributed by atoms with Gasteiger partial charge in [0, 0.05) is 6.20 Å². The molecule has 0 saturated carbocycles. The Kier molecular flexibility index (Phi) is 3.58. The lowest BCUT2D eigenvalue weighted by Crippen LogP contribution is -1.97. The van der Waals surface area contributed by atoms with Gasteiger partial charge < -0.3 is 9.84 Å². The molecule has 104 valence electrons. The van der Waals surface area contributed by atoms with Gasteiger partial charge in [-0.3, -0.25) is 4.98 Å². The van der Waals surface area contributed by atoms with E-state index in [2.05, 4.69) is 20.9 Å². The molecule has 0 aliphatic rings. The average Bonchev–Trinajstić information content (AvgIpc) is 2.51. The molecule has 0 radical (unpaired) electrons. The third-order valence-corrected chi connectivity index (χ3v) is 3.83. The zero-order valence-corrected chi connectivity index (χ0v) is 12.4. The topological polar surface area (TPSA) is 59.4 Å². The Hall–Kier alpha value is -2.40. The van der Waals surface area contributed by atoms with E-state index in [1.54, 1.807) is 0 Å². The second kappa shape index (κ2) is 5.54. The van der Waals surface area contributed by atoms with Crippen molar-refractivity contribution in [3.05, 3.63) is 64.9 Å². The van der Waals surface area contributed by atoms with E-state index in [4.69, 9.17) is 9.84 Å². The van der Waals surface area contributed by atoms with Gasteiger partial charge in [0.15, 0.2) is 0 Å². The van der Waals surface area contributed by atoms with Gasteiger partial charge in [0.2, 0.25) is 0 Å². The van der Waals surface area contributed by atoms with Crippen molar-refractivity contribution >= 4 is 32.7 Å². The molecule has 2 aromatic carbocycles. The largest absolute Gasteiger partial charge is 0.478 e. The summed E-state index contributed by atoms with van der Waals surface area (Å²) in [6.45, 7) is 0. The Balaban J connectivity index is 2.00. The molecule has 0 saturated heterocycles. The van der Waals surface area contributed by atoms with Crippen molar-refractivity contribution in [3.8, 4) is 11.5 Å². The molecule has 0 unspecified atom stereocenters. The lowest BCUT2D eigenvalue weighted by molar-refractivity contribution is 0.0696. The number of nitrogens with zero attached hydrogens (tertiary/aromatic N) is 1. The molecule has 3 aromatic rings. The molecule has 0 fully saturated rings. The number of carbonyl (C=O) groups is 1. The van der Waals surface area contributed by atoms with E-state index in [9.17, 15) is 4.79 Å². The molecule has 3 rings (SSSR count). The monoisotopic (exact) mass is 343 g/mol. The first-order chi connectivity index (χ1) is 10.1. The number of ether oxygens (including phenoxy) is 1. The van der Waals surface area contributed by atoms with Crippen molar-refractivity contribution in [1.82, 2.24) is 4.98 Å². The molecule has 0 amide bonds. The molecule has 0 aliphatic carbocycles. The van der Waals surface area contributed by atoms with Crippen molar-refractivity contribution in [1.29, 1.82) is 0 Å². The number of halogens is 1. The zero-order valence-electron chi connectivity index (χ0n) is 10.8. The van der Waals surface area contributed by atoms with E-state index < -0.39 is 5.97 Å². The van der Waals surface area contributed by atoms with Crippen LogP contribution in [0.15, 0.2) is 59.3 Å². The van der Waals surface area contributed by atoms with Crippen LogP contribution in [0.3, 0.4) is 0 Å². The fraction of sp³-hybridized carbons (Fsp3) is 0. The Morgan fingerprint density at radius 2 is 1.95 bits per heavy atom. The molecule has 4 nitrogen and oxygen atoms in total. The predicted molar refractivity (Wildman–Crippen MR) is 82.9 cm³/mol. The van der Waals surface area contributed by atoms with E-state index in [-0.39, 0.29) is 5.56 Å². The minimum absolute atomic E-state index is 0.0874. The second-order valence-electron chi connectivity index (χ2n) is 4.42. The highest BCUT2D eigenvalue weighted by Gasteiger charge is 2.09. The van der Waals surface area contributed by atoms with Crippen molar-refractivity contribution < 1.29 is 14.6 Å². The van der Waals surface area contributed by atoms with Gasteiger partial charge in [0.05, 0.1) is 16.2 Å². The van der Waals surface area contributed by atoms with Crippen molar-refractivity contribution in [2.24, 2.45) is 0 Å². The van der Waals surface area contributed by atoms with Crippen LogP contribution in [0, 0.1) is 0 Å². The predicted octanol–water partition coefficient (Wildman–Crippen LogP) is 4.49. The maximum Gasteiger partial charge on any atom is 0.337 e. The molecular weight excluding hydrogens is 334 g/mol. The summed E-state index contributed by atoms with van der Waals surface area (Å²) < 4.78 is 6.56. The van der Waals surface area contributed by atoms with E-state index in [1.807, 2.05) is 36.4 Å². The molecule has 0 aliphatic heterocycles. The van der Waals surface area contributed by atoms with Crippen LogP contribution in [0.25, 0.3) is 10.8 Å². The average molecular weight is 344 g/mol. The second-order valence-corrected chi connectivity index (χ2v) is 5.21. The molecule has 0 bridgehead atoms. The number of hydrogen-bond donors (Lipinski definition) is 1. The molecular formula is C16H10BrNO3. The van der Waals surface area contributed by atoms with Crippen LogP contribution in [0.2, 0.25) is 0 Å². The maximum atomic E-state index is 10.9. The van der Waals surface area contributed by atoms with Crippen molar-refractivity contribution in [2.75, 3.05) is 0 Å². The van der Waals surface area contributed by atoms with Gasteiger partial charge >= 0.3 is 5.97 Å². The fourth-order valence-electron chi connectivity index (χ4n) is 2.01. The van der Waals surface area contributed by atoms with Crippen LogP contribution >= 0.6 is 15.9 Å². The molecule has 1 N–H and O–H groups in total. The summed E-state index contributed by atoms with van der Waals surface area (Å²) in [5.74, 6) is -0.0468. The zero-order chi connectivity index (χ0) is 14.8. The van der Waals surface area contributed by atoms with Crippen molar-refractivity contribution in [2.45, 2.75) is 0 Å². The summed E-state index contributed by atoms with van der Waals surface area (Å²) in [5.41, 5.74) is 0.0874. The number of benzene rings is 2. The number of aromatic carboxylic acids is 1. The molecule has 1 heterocycles. The van der Waals surface area contributed by atoms with Gasteiger partial charge in [-0.1, -0.05) is 30.3 Å². The SMILES string of the molecule is O=C(O)c1cncc(Oc2ccc3ccccc3c2Br)c1. The third kappa shape index (κ3) is 2.73. The lowest BCUT2D eigenvalue weighted by atomic mass is 10.1. The first-order valence-electron chi connectivity index (χ1n) is 6.18. The third-order valence-electron chi connectivity index (χ3n) is 3.02. The number of rotatable bonds is 3. The lowest BCUT2D eigenvalue weighted by Gasteiger charge is -2.10. The van der Waals surface area contributed by atoms with E-state index >= 15 is 0 Å². The Bertz CT molecular complexity index is 833. The van der Waals surface area contributed by atoms with Gasteiger partial charge in [-0.15, -0.1) is 0 Å². The first-order valence-corrected chi connectivity index (χ1v) is 6.98. The molecule has 5 heteroatoms. The smallest absolute Gasteiger partial charge is 0.337 e. The molecule has 1 aromatic heterocycles.